The molecule has 1 amide bonds. The number of alkyl carbamates (subject to hydrolysis) is 1. The fourth-order valence-corrected chi connectivity index (χ4v) is 1.60. The summed E-state index contributed by atoms with van der Waals surface area (Å²) in [6.07, 6.45) is 0.196. The van der Waals surface area contributed by atoms with Crippen LogP contribution in [0.2, 0.25) is 0 Å². The van der Waals surface area contributed by atoms with Crippen LogP contribution in [0.25, 0.3) is 0 Å². The molecule has 0 saturated heterocycles. The van der Waals surface area contributed by atoms with Gasteiger partial charge in [-0.25, -0.2) is 4.79 Å². The molecule has 1 heterocycles. The number of ether oxygens (including phenoxy) is 1. The summed E-state index contributed by atoms with van der Waals surface area (Å²) in [5, 5.41) is 6.51. The highest BCUT2D eigenvalue weighted by molar-refractivity contribution is 5.67. The highest BCUT2D eigenvalue weighted by atomic mass is 16.5. The maximum Gasteiger partial charge on any atom is 0.407 e. The average molecular weight is 260 g/mol. The third kappa shape index (κ3) is 4.46. The lowest BCUT2D eigenvalue weighted by molar-refractivity contribution is 0.139. The summed E-state index contributed by atoms with van der Waals surface area (Å²) in [7, 11) is 0. The van der Waals surface area contributed by atoms with Gasteiger partial charge in [-0.2, -0.15) is 0 Å². The van der Waals surface area contributed by atoms with Crippen LogP contribution in [0.15, 0.2) is 40.9 Å². The fourth-order valence-electron chi connectivity index (χ4n) is 1.60. The van der Waals surface area contributed by atoms with Gasteiger partial charge in [0.2, 0.25) is 0 Å². The number of nitrogens with one attached hydrogen (secondary N) is 1. The van der Waals surface area contributed by atoms with Gasteiger partial charge in [0, 0.05) is 19.0 Å². The summed E-state index contributed by atoms with van der Waals surface area (Å²) in [6.45, 7) is 2.58. The van der Waals surface area contributed by atoms with E-state index in [4.69, 9.17) is 9.26 Å². The standard InChI is InChI=1S/C14H16N2O3/c1-11-9-13(16-19-11)7-8-15-14(17)18-10-12-5-3-2-4-6-12/h2-6,9H,7-8,10H2,1H3,(H,15,17). The number of hydrogen-bond donors (Lipinski definition) is 1. The number of nitrogens with zero attached hydrogens (tertiary/aromatic N) is 1. The van der Waals surface area contributed by atoms with Crippen LogP contribution in [0.1, 0.15) is 17.0 Å². The first kappa shape index (κ1) is 13.1. The molecule has 0 bridgehead atoms. The zero-order valence-electron chi connectivity index (χ0n) is 10.8. The van der Waals surface area contributed by atoms with Gasteiger partial charge >= 0.3 is 6.09 Å². The number of carbonyl (C=O) groups excluding carboxylic acids is 1. The molecule has 5 nitrogen and oxygen atoms in total. The predicted octanol–water partition coefficient (Wildman–Crippen LogP) is 2.45. The molecule has 0 aliphatic carbocycles. The molecule has 0 spiro atoms. The second-order valence-corrected chi connectivity index (χ2v) is 4.17. The van der Waals surface area contributed by atoms with Gasteiger partial charge in [0.15, 0.2) is 0 Å². The molecular formula is C14H16N2O3. The van der Waals surface area contributed by atoms with Gasteiger partial charge < -0.3 is 14.6 Å². The third-order valence-electron chi connectivity index (χ3n) is 2.54. The van der Waals surface area contributed by atoms with Crippen molar-refractivity contribution in [2.45, 2.75) is 20.0 Å². The van der Waals surface area contributed by atoms with Gasteiger partial charge in [-0.05, 0) is 12.5 Å². The number of amides is 1. The Morgan fingerprint density at radius 2 is 2.16 bits per heavy atom. The van der Waals surface area contributed by atoms with E-state index in [9.17, 15) is 4.79 Å². The molecule has 0 atom stereocenters. The van der Waals surface area contributed by atoms with E-state index in [1.807, 2.05) is 43.3 Å². The summed E-state index contributed by atoms with van der Waals surface area (Å²) in [5.41, 5.74) is 1.78. The van der Waals surface area contributed by atoms with E-state index >= 15 is 0 Å². The lowest BCUT2D eigenvalue weighted by atomic mass is 10.2. The first-order valence-corrected chi connectivity index (χ1v) is 6.11. The van der Waals surface area contributed by atoms with E-state index in [-0.39, 0.29) is 6.61 Å². The third-order valence-corrected chi connectivity index (χ3v) is 2.54. The number of hydrogen-bond acceptors (Lipinski definition) is 4. The molecule has 2 aromatic rings. The number of benzene rings is 1. The molecule has 1 aromatic carbocycles. The lowest BCUT2D eigenvalue weighted by Crippen LogP contribution is -2.26. The number of carbonyl (C=O) groups is 1. The topological polar surface area (TPSA) is 64.4 Å². The first-order chi connectivity index (χ1) is 9.24. The van der Waals surface area contributed by atoms with Crippen molar-refractivity contribution in [3.05, 3.63) is 53.4 Å². The highest BCUT2D eigenvalue weighted by Gasteiger charge is 2.04. The molecule has 0 fully saturated rings. The Hall–Kier alpha value is -2.30. The second kappa shape index (κ2) is 6.58. The fraction of sp³-hybridized carbons (Fsp3) is 0.286. The van der Waals surface area contributed by atoms with Gasteiger partial charge in [-0.15, -0.1) is 0 Å². The Morgan fingerprint density at radius 1 is 1.37 bits per heavy atom. The van der Waals surface area contributed by atoms with E-state index in [2.05, 4.69) is 10.5 Å². The van der Waals surface area contributed by atoms with Crippen molar-refractivity contribution < 1.29 is 14.1 Å². The monoisotopic (exact) mass is 260 g/mol. The van der Waals surface area contributed by atoms with Crippen LogP contribution in [0, 0.1) is 6.92 Å². The number of aryl methyl sites for hydroxylation is 1. The Morgan fingerprint density at radius 3 is 2.84 bits per heavy atom. The van der Waals surface area contributed by atoms with Crippen molar-refractivity contribution >= 4 is 6.09 Å². The van der Waals surface area contributed by atoms with E-state index in [0.29, 0.717) is 13.0 Å². The van der Waals surface area contributed by atoms with Gasteiger partial charge in [0.25, 0.3) is 0 Å². The summed E-state index contributed by atoms with van der Waals surface area (Å²) >= 11 is 0. The molecule has 0 radical (unpaired) electrons. The van der Waals surface area contributed by atoms with Gasteiger partial charge in [-0.3, -0.25) is 0 Å². The maximum atomic E-state index is 11.4. The molecule has 100 valence electrons. The second-order valence-electron chi connectivity index (χ2n) is 4.17. The van der Waals surface area contributed by atoms with Crippen molar-refractivity contribution in [3.8, 4) is 0 Å². The molecule has 0 unspecified atom stereocenters. The van der Waals surface area contributed by atoms with Crippen LogP contribution in [-0.4, -0.2) is 17.8 Å². The van der Waals surface area contributed by atoms with Crippen molar-refractivity contribution in [2.75, 3.05) is 6.54 Å². The zero-order chi connectivity index (χ0) is 13.5. The van der Waals surface area contributed by atoms with Crippen LogP contribution >= 0.6 is 0 Å². The summed E-state index contributed by atoms with van der Waals surface area (Å²) in [4.78, 5) is 11.4. The molecule has 1 aromatic heterocycles. The van der Waals surface area contributed by atoms with Gasteiger partial charge in [-0.1, -0.05) is 35.5 Å². The SMILES string of the molecule is Cc1cc(CCNC(=O)OCc2ccccc2)no1. The van der Waals surface area contributed by atoms with Crippen LogP contribution in [0.5, 0.6) is 0 Å². The average Bonchev–Trinajstić information content (AvgIpc) is 2.83. The molecule has 0 aliphatic heterocycles. The van der Waals surface area contributed by atoms with Gasteiger partial charge in [0.05, 0.1) is 5.69 Å². The number of rotatable bonds is 5. The predicted molar refractivity (Wildman–Crippen MR) is 69.6 cm³/mol. The molecule has 1 N–H and O–H groups in total. The minimum Gasteiger partial charge on any atom is -0.445 e. The van der Waals surface area contributed by atoms with Crippen molar-refractivity contribution in [1.82, 2.24) is 10.5 Å². The van der Waals surface area contributed by atoms with Crippen molar-refractivity contribution in [2.24, 2.45) is 0 Å². The van der Waals surface area contributed by atoms with E-state index < -0.39 is 6.09 Å². The lowest BCUT2D eigenvalue weighted by Gasteiger charge is -2.06. The minimum absolute atomic E-state index is 0.274. The van der Waals surface area contributed by atoms with Crippen molar-refractivity contribution in [3.63, 3.8) is 0 Å². The molecule has 2 rings (SSSR count). The molecule has 0 aliphatic rings. The van der Waals surface area contributed by atoms with Crippen LogP contribution < -0.4 is 5.32 Å². The Kier molecular flexibility index (Phi) is 4.55. The zero-order valence-corrected chi connectivity index (χ0v) is 10.8. The molecule has 19 heavy (non-hydrogen) atoms. The molecular weight excluding hydrogens is 244 g/mol. The number of aromatic nitrogens is 1. The van der Waals surface area contributed by atoms with Crippen molar-refractivity contribution in [1.29, 1.82) is 0 Å². The molecule has 0 saturated carbocycles. The van der Waals surface area contributed by atoms with E-state index in [1.54, 1.807) is 0 Å². The van der Waals surface area contributed by atoms with Gasteiger partial charge in [0.1, 0.15) is 12.4 Å². The Labute approximate surface area is 111 Å². The quantitative estimate of drug-likeness (QED) is 0.896. The van der Waals surface area contributed by atoms with E-state index in [1.165, 1.54) is 0 Å². The van der Waals surface area contributed by atoms with Crippen LogP contribution in [0.4, 0.5) is 4.79 Å². The molecule has 5 heteroatoms. The summed E-state index contributed by atoms with van der Waals surface area (Å²) in [6, 6.07) is 11.4. The smallest absolute Gasteiger partial charge is 0.407 e. The summed E-state index contributed by atoms with van der Waals surface area (Å²) < 4.78 is 10.0. The highest BCUT2D eigenvalue weighted by Crippen LogP contribution is 2.02. The normalized spacial score (nSPS) is 10.2. The Balaban J connectivity index is 1.65. The maximum absolute atomic E-state index is 11.4. The largest absolute Gasteiger partial charge is 0.445 e. The van der Waals surface area contributed by atoms with E-state index in [0.717, 1.165) is 17.0 Å². The van der Waals surface area contributed by atoms with Crippen LogP contribution in [0.3, 0.4) is 0 Å². The Bertz CT molecular complexity index is 522. The van der Waals surface area contributed by atoms with Crippen LogP contribution in [-0.2, 0) is 17.8 Å². The summed E-state index contributed by atoms with van der Waals surface area (Å²) in [5.74, 6) is 0.765. The minimum atomic E-state index is -0.427. The first-order valence-electron chi connectivity index (χ1n) is 6.11.